The molecule has 0 aromatic heterocycles. The molecule has 1 aliphatic rings. The fourth-order valence-corrected chi connectivity index (χ4v) is 2.78. The molecule has 0 spiro atoms. The summed E-state index contributed by atoms with van der Waals surface area (Å²) in [6, 6.07) is 7.29. The van der Waals surface area contributed by atoms with Gasteiger partial charge in [-0.1, -0.05) is 18.2 Å². The Labute approximate surface area is 109 Å². The number of amides is 2. The number of benzene rings is 1. The predicted octanol–water partition coefficient (Wildman–Crippen LogP) is -1.40. The first-order valence-corrected chi connectivity index (χ1v) is 6.97. The minimum Gasteiger partial charge on any atom is -0.390 e. The molecule has 2 amide bonds. The van der Waals surface area contributed by atoms with E-state index in [4.69, 9.17) is 0 Å². The van der Waals surface area contributed by atoms with Crippen molar-refractivity contribution >= 4 is 21.8 Å². The van der Waals surface area contributed by atoms with Crippen LogP contribution in [0.3, 0.4) is 0 Å². The maximum absolute atomic E-state index is 11.9. The molecule has 7 nitrogen and oxygen atoms in total. The zero-order valence-electron chi connectivity index (χ0n) is 9.74. The zero-order chi connectivity index (χ0) is 14.0. The number of carbonyl (C=O) groups is 2. The molecular weight excluding hydrogens is 272 g/mol. The summed E-state index contributed by atoms with van der Waals surface area (Å²) in [5.41, 5.74) is 0. The average molecular weight is 284 g/mol. The Kier molecular flexibility index (Phi) is 3.54. The molecule has 0 radical (unpaired) electrons. The molecule has 1 aromatic carbocycles. The minimum absolute atomic E-state index is 0.0672. The Balaban J connectivity index is 2.17. The maximum atomic E-state index is 11.9. The largest absolute Gasteiger partial charge is 0.390 e. The van der Waals surface area contributed by atoms with Crippen LogP contribution in [0.15, 0.2) is 35.2 Å². The van der Waals surface area contributed by atoms with E-state index in [1.165, 1.54) is 24.3 Å². The Morgan fingerprint density at radius 1 is 1.32 bits per heavy atom. The first-order chi connectivity index (χ1) is 8.92. The molecule has 0 bridgehead atoms. The standard InChI is InChI=1S/C11H12N2O5S/c14-8-6-12-10(15)9(8)11(16)13-19(17,18)7-4-2-1-3-5-7/h1-5,8-9,14H,6H2,(H,12,15)(H,13,16). The zero-order valence-corrected chi connectivity index (χ0v) is 10.6. The normalized spacial score (nSPS) is 22.9. The highest BCUT2D eigenvalue weighted by atomic mass is 32.2. The molecule has 0 aliphatic carbocycles. The third-order valence-corrected chi connectivity index (χ3v) is 4.09. The van der Waals surface area contributed by atoms with Crippen LogP contribution in [0.5, 0.6) is 0 Å². The highest BCUT2D eigenvalue weighted by Gasteiger charge is 2.40. The molecule has 1 heterocycles. The van der Waals surface area contributed by atoms with Crippen LogP contribution in [0.1, 0.15) is 0 Å². The summed E-state index contributed by atoms with van der Waals surface area (Å²) >= 11 is 0. The van der Waals surface area contributed by atoms with Crippen molar-refractivity contribution in [2.24, 2.45) is 5.92 Å². The third-order valence-electron chi connectivity index (χ3n) is 2.72. The summed E-state index contributed by atoms with van der Waals surface area (Å²) in [6.07, 6.45) is -1.22. The highest BCUT2D eigenvalue weighted by Crippen LogP contribution is 2.13. The number of rotatable bonds is 3. The molecule has 102 valence electrons. The van der Waals surface area contributed by atoms with Gasteiger partial charge in [0.1, 0.15) is 5.92 Å². The number of sulfonamides is 1. The summed E-state index contributed by atoms with van der Waals surface area (Å²) in [6.45, 7) is -0.0672. The monoisotopic (exact) mass is 284 g/mol. The number of aliphatic hydroxyl groups is 1. The Morgan fingerprint density at radius 2 is 1.95 bits per heavy atom. The van der Waals surface area contributed by atoms with Crippen LogP contribution in [0.2, 0.25) is 0 Å². The van der Waals surface area contributed by atoms with Crippen molar-refractivity contribution in [1.82, 2.24) is 10.0 Å². The van der Waals surface area contributed by atoms with Gasteiger partial charge in [0.05, 0.1) is 11.0 Å². The second kappa shape index (κ2) is 4.98. The lowest BCUT2D eigenvalue weighted by Crippen LogP contribution is -2.42. The van der Waals surface area contributed by atoms with E-state index in [2.05, 4.69) is 5.32 Å². The number of β-amino-alcohol motifs (C(OH)–C–C–N with tert-alkyl or cyclic N) is 1. The van der Waals surface area contributed by atoms with Gasteiger partial charge in [-0.2, -0.15) is 0 Å². The smallest absolute Gasteiger partial charge is 0.264 e. The van der Waals surface area contributed by atoms with Crippen molar-refractivity contribution in [2.45, 2.75) is 11.0 Å². The topological polar surface area (TPSA) is 113 Å². The summed E-state index contributed by atoms with van der Waals surface area (Å²) < 4.78 is 25.5. The van der Waals surface area contributed by atoms with Gasteiger partial charge in [0.15, 0.2) is 0 Å². The first kappa shape index (κ1) is 13.5. The van der Waals surface area contributed by atoms with Gasteiger partial charge < -0.3 is 10.4 Å². The Hall–Kier alpha value is -1.93. The van der Waals surface area contributed by atoms with Crippen molar-refractivity contribution in [3.63, 3.8) is 0 Å². The second-order valence-corrected chi connectivity index (χ2v) is 5.76. The second-order valence-electron chi connectivity index (χ2n) is 4.07. The molecule has 2 rings (SSSR count). The summed E-state index contributed by atoms with van der Waals surface area (Å²) in [5.74, 6) is -3.13. The van der Waals surface area contributed by atoms with Crippen LogP contribution >= 0.6 is 0 Å². The van der Waals surface area contributed by atoms with Crippen molar-refractivity contribution in [3.05, 3.63) is 30.3 Å². The number of hydrogen-bond donors (Lipinski definition) is 3. The van der Waals surface area contributed by atoms with Crippen molar-refractivity contribution in [3.8, 4) is 0 Å². The van der Waals surface area contributed by atoms with E-state index in [1.54, 1.807) is 10.8 Å². The molecule has 19 heavy (non-hydrogen) atoms. The molecule has 8 heteroatoms. The fourth-order valence-electron chi connectivity index (χ4n) is 1.76. The molecule has 2 atom stereocenters. The van der Waals surface area contributed by atoms with Crippen molar-refractivity contribution in [2.75, 3.05) is 6.54 Å². The lowest BCUT2D eigenvalue weighted by Gasteiger charge is -2.12. The van der Waals surface area contributed by atoms with Gasteiger partial charge in [-0.25, -0.2) is 13.1 Å². The van der Waals surface area contributed by atoms with E-state index >= 15 is 0 Å². The molecular formula is C11H12N2O5S. The molecule has 2 unspecified atom stereocenters. The Bertz CT molecular complexity index is 599. The Morgan fingerprint density at radius 3 is 2.47 bits per heavy atom. The minimum atomic E-state index is -4.03. The van der Waals surface area contributed by atoms with Gasteiger partial charge in [0.25, 0.3) is 10.0 Å². The van der Waals surface area contributed by atoms with Crippen LogP contribution in [0.25, 0.3) is 0 Å². The van der Waals surface area contributed by atoms with Gasteiger partial charge in [0.2, 0.25) is 11.8 Å². The molecule has 1 fully saturated rings. The summed E-state index contributed by atoms with van der Waals surface area (Å²) in [7, 11) is -4.03. The summed E-state index contributed by atoms with van der Waals surface area (Å²) in [4.78, 5) is 23.0. The lowest BCUT2D eigenvalue weighted by atomic mass is 10.1. The number of carbonyl (C=O) groups excluding carboxylic acids is 2. The molecule has 1 aliphatic heterocycles. The van der Waals surface area contributed by atoms with Gasteiger partial charge in [-0.05, 0) is 12.1 Å². The molecule has 1 saturated heterocycles. The van der Waals surface area contributed by atoms with Gasteiger partial charge in [-0.3, -0.25) is 9.59 Å². The van der Waals surface area contributed by atoms with Crippen molar-refractivity contribution < 1.29 is 23.1 Å². The quantitative estimate of drug-likeness (QED) is 0.591. The number of hydrogen-bond acceptors (Lipinski definition) is 5. The van der Waals surface area contributed by atoms with E-state index < -0.39 is 33.9 Å². The van der Waals surface area contributed by atoms with Gasteiger partial charge in [0, 0.05) is 6.54 Å². The van der Waals surface area contributed by atoms with Gasteiger partial charge >= 0.3 is 0 Å². The molecule has 3 N–H and O–H groups in total. The van der Waals surface area contributed by atoms with Crippen LogP contribution in [0.4, 0.5) is 0 Å². The van der Waals surface area contributed by atoms with Crippen LogP contribution in [0, 0.1) is 5.92 Å². The predicted molar refractivity (Wildman–Crippen MR) is 64.3 cm³/mol. The fraction of sp³-hybridized carbons (Fsp3) is 0.273. The molecule has 0 saturated carbocycles. The number of nitrogens with one attached hydrogen (secondary N) is 2. The van der Waals surface area contributed by atoms with E-state index in [1.807, 2.05) is 0 Å². The third kappa shape index (κ3) is 2.74. The van der Waals surface area contributed by atoms with Crippen LogP contribution in [-0.4, -0.2) is 38.0 Å². The average Bonchev–Trinajstić information content (AvgIpc) is 2.69. The van der Waals surface area contributed by atoms with Crippen molar-refractivity contribution in [1.29, 1.82) is 0 Å². The molecule has 1 aromatic rings. The van der Waals surface area contributed by atoms with Gasteiger partial charge in [-0.15, -0.1) is 0 Å². The van der Waals surface area contributed by atoms with Crippen LogP contribution < -0.4 is 10.0 Å². The van der Waals surface area contributed by atoms with E-state index in [9.17, 15) is 23.1 Å². The van der Waals surface area contributed by atoms with Crippen LogP contribution in [-0.2, 0) is 19.6 Å². The first-order valence-electron chi connectivity index (χ1n) is 5.49. The SMILES string of the molecule is O=C1NCC(O)C1C(=O)NS(=O)(=O)c1ccccc1. The van der Waals surface area contributed by atoms with E-state index in [0.29, 0.717) is 0 Å². The highest BCUT2D eigenvalue weighted by molar-refractivity contribution is 7.90. The van der Waals surface area contributed by atoms with E-state index in [-0.39, 0.29) is 11.4 Å². The maximum Gasteiger partial charge on any atom is 0.264 e. The lowest BCUT2D eigenvalue weighted by molar-refractivity contribution is -0.134. The number of aliphatic hydroxyl groups excluding tert-OH is 1. The van der Waals surface area contributed by atoms with E-state index in [0.717, 1.165) is 0 Å². The summed E-state index contributed by atoms with van der Waals surface area (Å²) in [5, 5.41) is 11.7.